The average molecular weight is 495 g/mol. The monoisotopic (exact) mass is 494 g/mol. The number of hydrogen-bond donors (Lipinski definition) is 2. The molecule has 2 aromatic carbocycles. The first-order chi connectivity index (χ1) is 16.9. The fourth-order valence-electron chi connectivity index (χ4n) is 3.67. The molecule has 2 N–H and O–H groups in total. The van der Waals surface area contributed by atoms with Crippen LogP contribution in [0.4, 0.5) is 11.4 Å². The van der Waals surface area contributed by atoms with Crippen LogP contribution in [0, 0.1) is 0 Å². The number of rotatable bonds is 8. The van der Waals surface area contributed by atoms with E-state index < -0.39 is 21.6 Å². The van der Waals surface area contributed by atoms with E-state index in [-0.39, 0.29) is 16.1 Å². The number of hydrogen-bond acceptors (Lipinski definition) is 9. The van der Waals surface area contributed by atoms with Crippen molar-refractivity contribution >= 4 is 38.0 Å². The largest absolute Gasteiger partial charge is 0.497 e. The summed E-state index contributed by atoms with van der Waals surface area (Å²) >= 11 is 0. The summed E-state index contributed by atoms with van der Waals surface area (Å²) in [6.45, 7) is 0. The van der Waals surface area contributed by atoms with E-state index in [1.54, 1.807) is 54.1 Å². The van der Waals surface area contributed by atoms with Crippen LogP contribution in [0.2, 0.25) is 0 Å². The number of fused-ring (bicyclic) bond motifs is 1. The van der Waals surface area contributed by atoms with E-state index in [2.05, 4.69) is 9.97 Å². The summed E-state index contributed by atoms with van der Waals surface area (Å²) in [5, 5.41) is 9.83. The molecule has 0 atom stereocenters. The highest BCUT2D eigenvalue weighted by molar-refractivity contribution is 7.91. The highest BCUT2D eigenvalue weighted by Gasteiger charge is 2.28. The molecule has 11 heteroatoms. The van der Waals surface area contributed by atoms with Crippen molar-refractivity contribution < 1.29 is 27.9 Å². The number of ether oxygens (including phenoxy) is 2. The van der Waals surface area contributed by atoms with Crippen LogP contribution >= 0.6 is 0 Å². The number of carbonyl (C=O) groups excluding carboxylic acids is 1. The Labute approximate surface area is 201 Å². The average Bonchev–Trinajstić information content (AvgIpc) is 2.90. The molecule has 0 unspecified atom stereocenters. The van der Waals surface area contributed by atoms with Crippen molar-refractivity contribution in [2.24, 2.45) is 0 Å². The fourth-order valence-corrected chi connectivity index (χ4v) is 4.99. The van der Waals surface area contributed by atoms with Crippen LogP contribution in [0.15, 0.2) is 78.1 Å². The summed E-state index contributed by atoms with van der Waals surface area (Å²) < 4.78 is 37.6. The molecule has 0 saturated carbocycles. The van der Waals surface area contributed by atoms with E-state index >= 15 is 0 Å². The van der Waals surface area contributed by atoms with Crippen LogP contribution in [0.5, 0.6) is 11.5 Å². The third kappa shape index (κ3) is 4.72. The van der Waals surface area contributed by atoms with Gasteiger partial charge in [-0.3, -0.25) is 20.0 Å². The molecule has 4 rings (SSSR count). The van der Waals surface area contributed by atoms with Gasteiger partial charge in [0.25, 0.3) is 5.91 Å². The number of methoxy groups -OCH3 is 2. The Balaban J connectivity index is 1.97. The van der Waals surface area contributed by atoms with Gasteiger partial charge < -0.3 is 14.4 Å². The van der Waals surface area contributed by atoms with E-state index in [1.807, 2.05) is 0 Å². The molecule has 0 bridgehead atoms. The van der Waals surface area contributed by atoms with Crippen LogP contribution in [0.25, 0.3) is 10.9 Å². The maximum Gasteiger partial charge on any atom is 0.278 e. The van der Waals surface area contributed by atoms with Gasteiger partial charge in [0, 0.05) is 17.8 Å². The molecule has 35 heavy (non-hydrogen) atoms. The first-order valence-electron chi connectivity index (χ1n) is 10.3. The standard InChI is InChI=1S/C24H22N4O6S/c1-33-17-8-10-18(11-9-17)35(31,32)15-28(16-5-4-12-25-13-16)23-19-6-3-7-21(34-2)22(19)26-14-20(23)24(29)27-30/h3-14,30H,15H2,1-2H3,(H,27,29). The molecule has 0 fully saturated rings. The van der Waals surface area contributed by atoms with Gasteiger partial charge in [-0.2, -0.15) is 0 Å². The second-order valence-corrected chi connectivity index (χ2v) is 9.34. The first-order valence-corrected chi connectivity index (χ1v) is 12.0. The minimum atomic E-state index is -3.92. The molecule has 0 saturated heterocycles. The Bertz CT molecular complexity index is 1460. The smallest absolute Gasteiger partial charge is 0.278 e. The topological polar surface area (TPSA) is 131 Å². The number of para-hydroxylation sites is 1. The van der Waals surface area contributed by atoms with E-state index in [4.69, 9.17) is 9.47 Å². The van der Waals surface area contributed by atoms with Gasteiger partial charge in [0.1, 0.15) is 22.9 Å². The van der Waals surface area contributed by atoms with Gasteiger partial charge in [0.2, 0.25) is 0 Å². The SMILES string of the molecule is COc1ccc(S(=O)(=O)CN(c2cccnc2)c2c(C(=O)NO)cnc3c(OC)cccc23)cc1. The van der Waals surface area contributed by atoms with Crippen molar-refractivity contribution in [1.82, 2.24) is 15.4 Å². The summed E-state index contributed by atoms with van der Waals surface area (Å²) in [6.07, 6.45) is 4.29. The van der Waals surface area contributed by atoms with Gasteiger partial charge in [-0.1, -0.05) is 12.1 Å². The summed E-state index contributed by atoms with van der Waals surface area (Å²) in [6, 6.07) is 14.4. The molecule has 10 nitrogen and oxygen atoms in total. The Morgan fingerprint density at radius 3 is 2.43 bits per heavy atom. The minimum absolute atomic E-state index is 0.0398. The molecule has 0 spiro atoms. The van der Waals surface area contributed by atoms with Crippen LogP contribution in [-0.2, 0) is 9.84 Å². The van der Waals surface area contributed by atoms with Crippen molar-refractivity contribution in [3.63, 3.8) is 0 Å². The number of nitrogens with zero attached hydrogens (tertiary/aromatic N) is 3. The third-order valence-electron chi connectivity index (χ3n) is 5.34. The predicted octanol–water partition coefficient (Wildman–Crippen LogP) is 3.34. The minimum Gasteiger partial charge on any atom is -0.497 e. The normalized spacial score (nSPS) is 11.2. The molecule has 2 heterocycles. The molecule has 2 aromatic heterocycles. The van der Waals surface area contributed by atoms with Crippen molar-refractivity contribution in [2.45, 2.75) is 4.90 Å². The lowest BCUT2D eigenvalue weighted by Crippen LogP contribution is -2.29. The van der Waals surface area contributed by atoms with E-state index in [1.165, 1.54) is 43.6 Å². The second-order valence-electron chi connectivity index (χ2n) is 7.38. The number of aromatic nitrogens is 2. The Morgan fingerprint density at radius 2 is 1.80 bits per heavy atom. The highest BCUT2D eigenvalue weighted by atomic mass is 32.2. The zero-order chi connectivity index (χ0) is 25.0. The Kier molecular flexibility index (Phi) is 6.80. The van der Waals surface area contributed by atoms with Gasteiger partial charge in [0.15, 0.2) is 9.84 Å². The van der Waals surface area contributed by atoms with Crippen molar-refractivity contribution in [1.29, 1.82) is 0 Å². The summed E-state index contributed by atoms with van der Waals surface area (Å²) in [5.41, 5.74) is 2.61. The third-order valence-corrected chi connectivity index (χ3v) is 6.93. The van der Waals surface area contributed by atoms with Crippen LogP contribution in [-0.4, -0.2) is 49.6 Å². The predicted molar refractivity (Wildman–Crippen MR) is 129 cm³/mol. The number of sulfone groups is 1. The molecule has 1 amide bonds. The van der Waals surface area contributed by atoms with E-state index in [0.717, 1.165) is 0 Å². The van der Waals surface area contributed by atoms with Crippen molar-refractivity contribution in [2.75, 3.05) is 25.0 Å². The molecule has 0 aliphatic rings. The lowest BCUT2D eigenvalue weighted by Gasteiger charge is -2.27. The van der Waals surface area contributed by atoms with E-state index in [0.29, 0.717) is 28.1 Å². The van der Waals surface area contributed by atoms with Gasteiger partial charge in [0.05, 0.1) is 42.3 Å². The lowest BCUT2D eigenvalue weighted by atomic mass is 10.1. The van der Waals surface area contributed by atoms with Crippen molar-refractivity contribution in [3.8, 4) is 11.5 Å². The number of hydroxylamine groups is 1. The molecule has 0 aliphatic carbocycles. The molecular weight excluding hydrogens is 472 g/mol. The lowest BCUT2D eigenvalue weighted by molar-refractivity contribution is 0.0706. The number of carbonyl (C=O) groups is 1. The first kappa shape index (κ1) is 23.9. The number of anilines is 2. The van der Waals surface area contributed by atoms with Gasteiger partial charge in [-0.15, -0.1) is 0 Å². The zero-order valence-corrected chi connectivity index (χ0v) is 19.7. The number of pyridine rings is 2. The van der Waals surface area contributed by atoms with Gasteiger partial charge in [-0.25, -0.2) is 13.9 Å². The molecular formula is C24H22N4O6S. The van der Waals surface area contributed by atoms with Gasteiger partial charge >= 0.3 is 0 Å². The second kappa shape index (κ2) is 9.95. The number of amides is 1. The number of nitrogens with one attached hydrogen (secondary N) is 1. The molecule has 0 radical (unpaired) electrons. The van der Waals surface area contributed by atoms with Gasteiger partial charge in [-0.05, 0) is 42.5 Å². The summed E-state index contributed by atoms with van der Waals surface area (Å²) in [5.74, 6) is -0.438. The quantitative estimate of drug-likeness (QED) is 0.280. The molecule has 0 aliphatic heterocycles. The van der Waals surface area contributed by atoms with E-state index in [9.17, 15) is 18.4 Å². The Hall–Kier alpha value is -4.22. The maximum atomic E-state index is 13.5. The molecule has 180 valence electrons. The van der Waals surface area contributed by atoms with Crippen LogP contribution < -0.4 is 19.9 Å². The van der Waals surface area contributed by atoms with Crippen LogP contribution in [0.1, 0.15) is 10.4 Å². The van der Waals surface area contributed by atoms with Crippen LogP contribution in [0.3, 0.4) is 0 Å². The number of benzene rings is 2. The zero-order valence-electron chi connectivity index (χ0n) is 18.9. The maximum absolute atomic E-state index is 13.5. The summed E-state index contributed by atoms with van der Waals surface area (Å²) in [7, 11) is -0.944. The molecule has 4 aromatic rings. The Morgan fingerprint density at radius 1 is 1.03 bits per heavy atom. The fraction of sp³-hybridized carbons (Fsp3) is 0.125. The highest BCUT2D eigenvalue weighted by Crippen LogP contribution is 2.38. The van der Waals surface area contributed by atoms with Crippen molar-refractivity contribution in [3.05, 3.63) is 78.8 Å². The summed E-state index contributed by atoms with van der Waals surface area (Å²) in [4.78, 5) is 22.6.